The summed E-state index contributed by atoms with van der Waals surface area (Å²) in [6.45, 7) is 2.77. The molecule has 0 saturated heterocycles. The monoisotopic (exact) mass is 290 g/mol. The van der Waals surface area contributed by atoms with Crippen molar-refractivity contribution in [2.24, 2.45) is 0 Å². The molecule has 5 nitrogen and oxygen atoms in total. The van der Waals surface area contributed by atoms with Crippen molar-refractivity contribution in [3.8, 4) is 5.75 Å². The standard InChI is InChI=1S/C16H19NO4/c1-10-6-16(19)21-15-7-13(4-5-14(10)15)20-9-12(18)8-17-11-2-3-11/h4-7,11-12,17-18H,2-3,8-9H2,1H3/p+1/t12-/m1/s1. The summed E-state index contributed by atoms with van der Waals surface area (Å²) < 4.78 is 10.7. The molecule has 1 aromatic heterocycles. The summed E-state index contributed by atoms with van der Waals surface area (Å²) in [4.78, 5) is 11.4. The zero-order chi connectivity index (χ0) is 14.8. The SMILES string of the molecule is Cc1cc(=O)oc2cc(OC[C@H](O)C[NH2+]C3CC3)ccc12. The van der Waals surface area contributed by atoms with E-state index < -0.39 is 6.10 Å². The van der Waals surface area contributed by atoms with Gasteiger partial charge in [-0.1, -0.05) is 0 Å². The third-order valence-corrected chi connectivity index (χ3v) is 3.73. The maximum Gasteiger partial charge on any atom is 0.336 e. The maximum absolute atomic E-state index is 11.4. The van der Waals surface area contributed by atoms with E-state index in [4.69, 9.17) is 9.15 Å². The van der Waals surface area contributed by atoms with Crippen molar-refractivity contribution in [3.05, 3.63) is 40.2 Å². The molecule has 1 aliphatic rings. The van der Waals surface area contributed by atoms with Crippen LogP contribution in [-0.2, 0) is 0 Å². The molecule has 1 aliphatic carbocycles. The molecule has 1 saturated carbocycles. The van der Waals surface area contributed by atoms with Gasteiger partial charge in [0.2, 0.25) is 0 Å². The molecule has 1 fully saturated rings. The van der Waals surface area contributed by atoms with E-state index in [9.17, 15) is 9.90 Å². The van der Waals surface area contributed by atoms with Crippen LogP contribution in [0, 0.1) is 6.92 Å². The second-order valence-electron chi connectivity index (χ2n) is 5.68. The number of nitrogens with two attached hydrogens (primary N) is 1. The van der Waals surface area contributed by atoms with Gasteiger partial charge in [0.1, 0.15) is 30.6 Å². The predicted molar refractivity (Wildman–Crippen MR) is 78.5 cm³/mol. The minimum Gasteiger partial charge on any atom is -0.491 e. The molecule has 21 heavy (non-hydrogen) atoms. The highest BCUT2D eigenvalue weighted by atomic mass is 16.5. The number of aryl methyl sites for hydroxylation is 1. The Morgan fingerprint density at radius 1 is 1.43 bits per heavy atom. The first-order valence-corrected chi connectivity index (χ1v) is 7.30. The van der Waals surface area contributed by atoms with E-state index in [1.165, 1.54) is 18.9 Å². The Hall–Kier alpha value is -1.85. The van der Waals surface area contributed by atoms with E-state index >= 15 is 0 Å². The van der Waals surface area contributed by atoms with Gasteiger partial charge in [0.25, 0.3) is 0 Å². The van der Waals surface area contributed by atoms with Gasteiger partial charge in [-0.2, -0.15) is 0 Å². The molecular formula is C16H20NO4+. The fraction of sp³-hybridized carbons (Fsp3) is 0.438. The highest BCUT2D eigenvalue weighted by Crippen LogP contribution is 2.22. The first-order chi connectivity index (χ1) is 10.1. The molecule has 112 valence electrons. The van der Waals surface area contributed by atoms with Crippen molar-refractivity contribution in [1.82, 2.24) is 0 Å². The van der Waals surface area contributed by atoms with Gasteiger partial charge in [-0.3, -0.25) is 0 Å². The van der Waals surface area contributed by atoms with Crippen molar-refractivity contribution >= 4 is 11.0 Å². The Labute approximate surface area is 122 Å². The fourth-order valence-electron chi connectivity index (χ4n) is 2.34. The summed E-state index contributed by atoms with van der Waals surface area (Å²) in [5, 5.41) is 12.9. The molecular weight excluding hydrogens is 270 g/mol. The molecule has 0 spiro atoms. The molecule has 5 heteroatoms. The first-order valence-electron chi connectivity index (χ1n) is 7.30. The molecule has 1 heterocycles. The van der Waals surface area contributed by atoms with E-state index in [0.29, 0.717) is 23.9 Å². The van der Waals surface area contributed by atoms with Crippen LogP contribution in [0.2, 0.25) is 0 Å². The smallest absolute Gasteiger partial charge is 0.336 e. The van der Waals surface area contributed by atoms with Crippen LogP contribution in [0.1, 0.15) is 18.4 Å². The number of ether oxygens (including phenoxy) is 1. The number of fused-ring (bicyclic) bond motifs is 1. The van der Waals surface area contributed by atoms with Gasteiger partial charge >= 0.3 is 5.63 Å². The Kier molecular flexibility index (Phi) is 3.94. The lowest BCUT2D eigenvalue weighted by atomic mass is 10.1. The van der Waals surface area contributed by atoms with Crippen LogP contribution >= 0.6 is 0 Å². The topological polar surface area (TPSA) is 76.3 Å². The molecule has 3 N–H and O–H groups in total. The van der Waals surface area contributed by atoms with Gasteiger partial charge < -0.3 is 19.6 Å². The summed E-state index contributed by atoms with van der Waals surface area (Å²) in [5.74, 6) is 0.599. The molecule has 3 rings (SSSR count). The Morgan fingerprint density at radius 2 is 2.24 bits per heavy atom. The zero-order valence-corrected chi connectivity index (χ0v) is 12.0. The fourth-order valence-corrected chi connectivity index (χ4v) is 2.34. The maximum atomic E-state index is 11.4. The van der Waals surface area contributed by atoms with Crippen molar-refractivity contribution in [1.29, 1.82) is 0 Å². The minimum atomic E-state index is -0.495. The summed E-state index contributed by atoms with van der Waals surface area (Å²) in [6.07, 6.45) is 2.00. The van der Waals surface area contributed by atoms with Gasteiger partial charge in [0, 0.05) is 30.4 Å². The lowest BCUT2D eigenvalue weighted by Gasteiger charge is -2.11. The largest absolute Gasteiger partial charge is 0.491 e. The number of quaternary nitrogens is 1. The van der Waals surface area contributed by atoms with Crippen molar-refractivity contribution < 1.29 is 19.6 Å². The predicted octanol–water partition coefficient (Wildman–Crippen LogP) is 0.567. The van der Waals surface area contributed by atoms with Crippen LogP contribution < -0.4 is 15.7 Å². The normalized spacial score (nSPS) is 16.1. The molecule has 0 amide bonds. The molecule has 0 aliphatic heterocycles. The molecule has 0 bridgehead atoms. The average molecular weight is 290 g/mol. The average Bonchev–Trinajstić information content (AvgIpc) is 3.26. The van der Waals surface area contributed by atoms with Crippen molar-refractivity contribution in [3.63, 3.8) is 0 Å². The number of benzene rings is 1. The van der Waals surface area contributed by atoms with Gasteiger partial charge in [0.15, 0.2) is 0 Å². The third-order valence-electron chi connectivity index (χ3n) is 3.73. The summed E-state index contributed by atoms with van der Waals surface area (Å²) in [6, 6.07) is 7.55. The van der Waals surface area contributed by atoms with Gasteiger partial charge in [-0.05, 0) is 24.6 Å². The van der Waals surface area contributed by atoms with E-state index in [0.717, 1.165) is 10.9 Å². The van der Waals surface area contributed by atoms with Crippen LogP contribution in [0.15, 0.2) is 33.5 Å². The second kappa shape index (κ2) is 5.87. The van der Waals surface area contributed by atoms with E-state index in [-0.39, 0.29) is 12.2 Å². The Balaban J connectivity index is 1.64. The first kappa shape index (κ1) is 14.1. The molecule has 1 aromatic carbocycles. The molecule has 2 aromatic rings. The summed E-state index contributed by atoms with van der Waals surface area (Å²) in [7, 11) is 0. The third kappa shape index (κ3) is 3.62. The van der Waals surface area contributed by atoms with E-state index in [1.807, 2.05) is 19.1 Å². The molecule has 1 atom stereocenters. The molecule has 0 unspecified atom stereocenters. The lowest BCUT2D eigenvalue weighted by Crippen LogP contribution is -2.88. The van der Waals surface area contributed by atoms with Crippen LogP contribution in [0.3, 0.4) is 0 Å². The van der Waals surface area contributed by atoms with Gasteiger partial charge in [0.05, 0.1) is 6.04 Å². The minimum absolute atomic E-state index is 0.241. The van der Waals surface area contributed by atoms with Crippen LogP contribution in [-0.4, -0.2) is 30.4 Å². The van der Waals surface area contributed by atoms with Crippen molar-refractivity contribution in [2.45, 2.75) is 31.9 Å². The Morgan fingerprint density at radius 3 is 3.00 bits per heavy atom. The lowest BCUT2D eigenvalue weighted by molar-refractivity contribution is -0.674. The summed E-state index contributed by atoms with van der Waals surface area (Å²) >= 11 is 0. The number of hydrogen-bond acceptors (Lipinski definition) is 4. The van der Waals surface area contributed by atoms with Crippen LogP contribution in [0.4, 0.5) is 0 Å². The van der Waals surface area contributed by atoms with E-state index in [1.54, 1.807) is 6.07 Å². The zero-order valence-electron chi connectivity index (χ0n) is 12.0. The number of aliphatic hydroxyl groups is 1. The van der Waals surface area contributed by atoms with Gasteiger partial charge in [-0.15, -0.1) is 0 Å². The number of rotatable bonds is 6. The van der Waals surface area contributed by atoms with Gasteiger partial charge in [-0.25, -0.2) is 4.79 Å². The number of hydrogen-bond donors (Lipinski definition) is 2. The van der Waals surface area contributed by atoms with E-state index in [2.05, 4.69) is 5.32 Å². The number of aliphatic hydroxyl groups excluding tert-OH is 1. The highest BCUT2D eigenvalue weighted by molar-refractivity contribution is 5.81. The quantitative estimate of drug-likeness (QED) is 0.763. The Bertz CT molecular complexity index is 690. The second-order valence-corrected chi connectivity index (χ2v) is 5.68. The van der Waals surface area contributed by atoms with Crippen LogP contribution in [0.25, 0.3) is 11.0 Å². The highest BCUT2D eigenvalue weighted by Gasteiger charge is 2.26. The van der Waals surface area contributed by atoms with Crippen molar-refractivity contribution in [2.75, 3.05) is 13.2 Å². The van der Waals surface area contributed by atoms with Crippen LogP contribution in [0.5, 0.6) is 5.75 Å². The summed E-state index contributed by atoms with van der Waals surface area (Å²) in [5.41, 5.74) is 1.03. The molecule has 0 radical (unpaired) electrons.